The second kappa shape index (κ2) is 4.17. The van der Waals surface area contributed by atoms with Gasteiger partial charge in [-0.3, -0.25) is 0 Å². The molecule has 1 aromatic heterocycles. The first kappa shape index (κ1) is 9.77. The van der Waals surface area contributed by atoms with Crippen molar-refractivity contribution in [2.75, 3.05) is 17.6 Å². The van der Waals surface area contributed by atoms with Crippen molar-refractivity contribution in [2.45, 2.75) is 13.3 Å². The molecule has 15 heavy (non-hydrogen) atoms. The number of pyridine rings is 1. The lowest BCUT2D eigenvalue weighted by Gasteiger charge is -2.05. The lowest BCUT2D eigenvalue weighted by Crippen LogP contribution is -2.01. The van der Waals surface area contributed by atoms with Gasteiger partial charge >= 0.3 is 0 Å². The Hall–Kier alpha value is -1.77. The van der Waals surface area contributed by atoms with Crippen LogP contribution in [0.1, 0.15) is 13.3 Å². The number of benzene rings is 1. The number of hydrogen-bond acceptors (Lipinski definition) is 3. The smallest absolute Gasteiger partial charge is 0.126 e. The maximum atomic E-state index is 5.70. The van der Waals surface area contributed by atoms with E-state index in [4.69, 9.17) is 5.73 Å². The largest absolute Gasteiger partial charge is 0.399 e. The highest BCUT2D eigenvalue weighted by Gasteiger charge is 1.97. The first-order valence-corrected chi connectivity index (χ1v) is 5.20. The van der Waals surface area contributed by atoms with Crippen molar-refractivity contribution < 1.29 is 0 Å². The van der Waals surface area contributed by atoms with E-state index >= 15 is 0 Å². The van der Waals surface area contributed by atoms with Crippen LogP contribution in [0.15, 0.2) is 30.3 Å². The van der Waals surface area contributed by atoms with Gasteiger partial charge < -0.3 is 11.1 Å². The van der Waals surface area contributed by atoms with Crippen LogP contribution >= 0.6 is 0 Å². The summed E-state index contributed by atoms with van der Waals surface area (Å²) in [5.41, 5.74) is 7.45. The number of nitrogens with two attached hydrogens (primary N) is 1. The first-order valence-electron chi connectivity index (χ1n) is 5.20. The molecule has 0 saturated heterocycles. The molecule has 0 bridgehead atoms. The Bertz CT molecular complexity index is 465. The van der Waals surface area contributed by atoms with Crippen LogP contribution in [-0.2, 0) is 0 Å². The van der Waals surface area contributed by atoms with Gasteiger partial charge in [0.05, 0.1) is 5.52 Å². The predicted octanol–water partition coefficient (Wildman–Crippen LogP) is 2.64. The maximum absolute atomic E-state index is 5.70. The molecule has 2 rings (SSSR count). The van der Waals surface area contributed by atoms with E-state index in [1.165, 1.54) is 0 Å². The lowest BCUT2D eigenvalue weighted by atomic mass is 10.2. The summed E-state index contributed by atoms with van der Waals surface area (Å²) in [5, 5.41) is 4.34. The third kappa shape index (κ3) is 2.18. The van der Waals surface area contributed by atoms with Gasteiger partial charge in [-0.05, 0) is 36.8 Å². The molecular weight excluding hydrogens is 186 g/mol. The zero-order chi connectivity index (χ0) is 10.7. The fraction of sp³-hybridized carbons (Fsp3) is 0.250. The number of nitrogens with one attached hydrogen (secondary N) is 1. The van der Waals surface area contributed by atoms with E-state index < -0.39 is 0 Å². The van der Waals surface area contributed by atoms with Gasteiger partial charge in [-0.1, -0.05) is 6.92 Å². The fourth-order valence-corrected chi connectivity index (χ4v) is 1.50. The molecule has 1 heterocycles. The first-order chi connectivity index (χ1) is 7.29. The van der Waals surface area contributed by atoms with E-state index in [-0.39, 0.29) is 0 Å². The third-order valence-corrected chi connectivity index (χ3v) is 2.27. The van der Waals surface area contributed by atoms with Crippen molar-refractivity contribution >= 4 is 22.4 Å². The molecule has 2 aromatic rings. The molecule has 0 radical (unpaired) electrons. The highest BCUT2D eigenvalue weighted by molar-refractivity contribution is 5.83. The Morgan fingerprint density at radius 3 is 2.93 bits per heavy atom. The number of nitrogens with zero attached hydrogens (tertiary/aromatic N) is 1. The summed E-state index contributed by atoms with van der Waals surface area (Å²) < 4.78 is 0. The Morgan fingerprint density at radius 2 is 2.13 bits per heavy atom. The van der Waals surface area contributed by atoms with Gasteiger partial charge in [0, 0.05) is 17.6 Å². The minimum atomic E-state index is 0.776. The van der Waals surface area contributed by atoms with E-state index in [0.717, 1.165) is 35.4 Å². The zero-order valence-electron chi connectivity index (χ0n) is 8.83. The van der Waals surface area contributed by atoms with E-state index in [9.17, 15) is 0 Å². The summed E-state index contributed by atoms with van der Waals surface area (Å²) in [6.07, 6.45) is 1.10. The summed E-state index contributed by atoms with van der Waals surface area (Å²) in [4.78, 5) is 4.49. The van der Waals surface area contributed by atoms with Crippen molar-refractivity contribution in [3.05, 3.63) is 30.3 Å². The molecule has 78 valence electrons. The lowest BCUT2D eigenvalue weighted by molar-refractivity contribution is 0.972. The van der Waals surface area contributed by atoms with Crippen molar-refractivity contribution in [1.82, 2.24) is 4.98 Å². The van der Waals surface area contributed by atoms with Gasteiger partial charge in [-0.15, -0.1) is 0 Å². The number of nitrogen functional groups attached to an aromatic ring is 1. The Kier molecular flexibility index (Phi) is 2.72. The van der Waals surface area contributed by atoms with Gasteiger partial charge in [-0.25, -0.2) is 4.98 Å². The number of anilines is 2. The molecule has 0 aliphatic rings. The summed E-state index contributed by atoms with van der Waals surface area (Å²) in [7, 11) is 0. The SMILES string of the molecule is CCCNc1ccc2cc(N)ccc2n1. The number of fused-ring (bicyclic) bond motifs is 1. The average molecular weight is 201 g/mol. The van der Waals surface area contributed by atoms with E-state index in [1.54, 1.807) is 0 Å². The molecule has 0 saturated carbocycles. The van der Waals surface area contributed by atoms with Crippen LogP contribution in [0.5, 0.6) is 0 Å². The Balaban J connectivity index is 2.34. The van der Waals surface area contributed by atoms with Gasteiger partial charge in [0.15, 0.2) is 0 Å². The molecule has 0 atom stereocenters. The van der Waals surface area contributed by atoms with Gasteiger partial charge in [0.1, 0.15) is 5.82 Å². The molecule has 0 spiro atoms. The van der Waals surface area contributed by atoms with E-state index in [1.807, 2.05) is 30.3 Å². The third-order valence-electron chi connectivity index (χ3n) is 2.27. The highest BCUT2D eigenvalue weighted by Crippen LogP contribution is 2.17. The van der Waals surface area contributed by atoms with Gasteiger partial charge in [-0.2, -0.15) is 0 Å². The maximum Gasteiger partial charge on any atom is 0.126 e. The summed E-state index contributed by atoms with van der Waals surface area (Å²) >= 11 is 0. The zero-order valence-corrected chi connectivity index (χ0v) is 8.83. The van der Waals surface area contributed by atoms with Crippen LogP contribution in [0.3, 0.4) is 0 Å². The molecule has 0 amide bonds. The normalized spacial score (nSPS) is 10.5. The Labute approximate surface area is 89.3 Å². The second-order valence-corrected chi connectivity index (χ2v) is 3.58. The van der Waals surface area contributed by atoms with Crippen molar-refractivity contribution in [3.63, 3.8) is 0 Å². The molecule has 3 N–H and O–H groups in total. The van der Waals surface area contributed by atoms with Crippen LogP contribution in [0.2, 0.25) is 0 Å². The van der Waals surface area contributed by atoms with Gasteiger partial charge in [0.2, 0.25) is 0 Å². The van der Waals surface area contributed by atoms with Crippen molar-refractivity contribution in [3.8, 4) is 0 Å². The molecule has 0 aliphatic carbocycles. The van der Waals surface area contributed by atoms with E-state index in [2.05, 4.69) is 17.2 Å². The summed E-state index contributed by atoms with van der Waals surface area (Å²) in [6.45, 7) is 3.09. The fourth-order valence-electron chi connectivity index (χ4n) is 1.50. The average Bonchev–Trinajstić information content (AvgIpc) is 2.26. The Morgan fingerprint density at radius 1 is 1.27 bits per heavy atom. The van der Waals surface area contributed by atoms with Crippen LogP contribution in [0, 0.1) is 0 Å². The summed E-state index contributed by atoms with van der Waals surface area (Å²) in [5.74, 6) is 0.925. The minimum absolute atomic E-state index is 0.776. The molecule has 1 aromatic carbocycles. The number of aromatic nitrogens is 1. The molecule has 0 aliphatic heterocycles. The van der Waals surface area contributed by atoms with Crippen molar-refractivity contribution in [1.29, 1.82) is 0 Å². The highest BCUT2D eigenvalue weighted by atomic mass is 15.0. The van der Waals surface area contributed by atoms with E-state index in [0.29, 0.717) is 0 Å². The van der Waals surface area contributed by atoms with Gasteiger partial charge in [0.25, 0.3) is 0 Å². The monoisotopic (exact) mass is 201 g/mol. The molecule has 3 nitrogen and oxygen atoms in total. The molecule has 0 fully saturated rings. The number of hydrogen-bond donors (Lipinski definition) is 2. The second-order valence-electron chi connectivity index (χ2n) is 3.58. The quantitative estimate of drug-likeness (QED) is 0.750. The molecule has 3 heteroatoms. The topological polar surface area (TPSA) is 50.9 Å². The molecular formula is C12H15N3. The minimum Gasteiger partial charge on any atom is -0.399 e. The van der Waals surface area contributed by atoms with Crippen LogP contribution < -0.4 is 11.1 Å². The predicted molar refractivity (Wildman–Crippen MR) is 64.9 cm³/mol. The van der Waals surface area contributed by atoms with Crippen LogP contribution in [0.25, 0.3) is 10.9 Å². The van der Waals surface area contributed by atoms with Crippen molar-refractivity contribution in [2.24, 2.45) is 0 Å². The molecule has 0 unspecified atom stereocenters. The number of rotatable bonds is 3. The van der Waals surface area contributed by atoms with Crippen LogP contribution in [-0.4, -0.2) is 11.5 Å². The van der Waals surface area contributed by atoms with Crippen LogP contribution in [0.4, 0.5) is 11.5 Å². The summed E-state index contributed by atoms with van der Waals surface area (Å²) in [6, 6.07) is 9.78. The standard InChI is InChI=1S/C12H15N3/c1-2-7-14-12-6-3-9-8-10(13)4-5-11(9)15-12/h3-6,8H,2,7,13H2,1H3,(H,14,15).